The monoisotopic (exact) mass is 270 g/mol. The van der Waals surface area contributed by atoms with Gasteiger partial charge < -0.3 is 9.84 Å². The molecule has 0 saturated heterocycles. The molecule has 0 spiro atoms. The Hall–Kier alpha value is -1.94. The van der Waals surface area contributed by atoms with E-state index in [-0.39, 0.29) is 5.92 Å². The molecular formula is C16H18N2O2. The van der Waals surface area contributed by atoms with E-state index in [1.165, 1.54) is 5.56 Å². The number of nitrogens with zero attached hydrogens (tertiary/aromatic N) is 2. The van der Waals surface area contributed by atoms with Crippen molar-refractivity contribution in [3.63, 3.8) is 0 Å². The van der Waals surface area contributed by atoms with Crippen molar-refractivity contribution in [1.29, 1.82) is 0 Å². The van der Waals surface area contributed by atoms with Crippen molar-refractivity contribution in [1.82, 2.24) is 9.97 Å². The molecule has 0 saturated carbocycles. The topological polar surface area (TPSA) is 55.2 Å². The predicted octanol–water partition coefficient (Wildman–Crippen LogP) is 2.12. The second kappa shape index (κ2) is 5.59. The fraction of sp³-hybridized carbons (Fsp3) is 0.375. The molecule has 1 N–H and O–H groups in total. The van der Waals surface area contributed by atoms with Gasteiger partial charge in [-0.25, -0.2) is 4.98 Å². The average molecular weight is 270 g/mol. The van der Waals surface area contributed by atoms with Crippen LogP contribution < -0.4 is 4.74 Å². The third-order valence-electron chi connectivity index (χ3n) is 3.92. The molecule has 0 amide bonds. The van der Waals surface area contributed by atoms with E-state index in [1.54, 1.807) is 19.5 Å². The fourth-order valence-electron chi connectivity index (χ4n) is 2.85. The maximum Gasteiger partial charge on any atom is 0.212 e. The van der Waals surface area contributed by atoms with Crippen molar-refractivity contribution >= 4 is 0 Å². The molecule has 0 fully saturated rings. The summed E-state index contributed by atoms with van der Waals surface area (Å²) >= 11 is 0. The second-order valence-corrected chi connectivity index (χ2v) is 5.17. The van der Waals surface area contributed by atoms with Gasteiger partial charge in [-0.05, 0) is 30.0 Å². The Labute approximate surface area is 118 Å². The third kappa shape index (κ3) is 2.51. The minimum atomic E-state index is -0.415. The van der Waals surface area contributed by atoms with Gasteiger partial charge in [-0.15, -0.1) is 0 Å². The first-order valence-corrected chi connectivity index (χ1v) is 6.88. The number of fused-ring (bicyclic) bond motifs is 1. The van der Waals surface area contributed by atoms with Gasteiger partial charge >= 0.3 is 0 Å². The van der Waals surface area contributed by atoms with Gasteiger partial charge in [0.25, 0.3) is 0 Å². The van der Waals surface area contributed by atoms with Crippen molar-refractivity contribution in [3.8, 4) is 5.88 Å². The Morgan fingerprint density at radius 1 is 1.35 bits per heavy atom. The number of hydrogen-bond donors (Lipinski definition) is 1. The van der Waals surface area contributed by atoms with Crippen molar-refractivity contribution in [2.45, 2.75) is 31.3 Å². The van der Waals surface area contributed by atoms with Crippen molar-refractivity contribution in [3.05, 3.63) is 53.5 Å². The number of ether oxygens (including phenoxy) is 1. The van der Waals surface area contributed by atoms with Gasteiger partial charge in [0.05, 0.1) is 13.2 Å². The molecule has 2 unspecified atom stereocenters. The smallest absolute Gasteiger partial charge is 0.212 e. The van der Waals surface area contributed by atoms with E-state index in [0.717, 1.165) is 24.1 Å². The molecule has 0 aromatic carbocycles. The summed E-state index contributed by atoms with van der Waals surface area (Å²) in [7, 11) is 1.60. The number of aliphatic hydroxyl groups is 1. The molecule has 2 atom stereocenters. The number of pyridine rings is 2. The minimum Gasteiger partial charge on any atom is -0.481 e. The van der Waals surface area contributed by atoms with Crippen LogP contribution in [0.4, 0.5) is 0 Å². The molecule has 0 radical (unpaired) electrons. The number of aryl methyl sites for hydroxylation is 1. The Kier molecular flexibility index (Phi) is 3.65. The molecule has 1 aliphatic carbocycles. The van der Waals surface area contributed by atoms with E-state index in [2.05, 4.69) is 16.0 Å². The molecule has 2 heterocycles. The molecule has 1 aliphatic rings. The summed E-state index contributed by atoms with van der Waals surface area (Å²) in [4.78, 5) is 8.61. The van der Waals surface area contributed by atoms with Crippen molar-refractivity contribution in [2.75, 3.05) is 7.11 Å². The van der Waals surface area contributed by atoms with Crippen LogP contribution in [0.15, 0.2) is 36.7 Å². The zero-order valence-corrected chi connectivity index (χ0v) is 11.5. The number of hydrogen-bond acceptors (Lipinski definition) is 4. The van der Waals surface area contributed by atoms with Gasteiger partial charge in [0, 0.05) is 36.5 Å². The van der Waals surface area contributed by atoms with E-state index in [1.807, 2.05) is 18.2 Å². The van der Waals surface area contributed by atoms with Crippen LogP contribution >= 0.6 is 0 Å². The fourth-order valence-corrected chi connectivity index (χ4v) is 2.85. The Balaban J connectivity index is 1.72. The summed E-state index contributed by atoms with van der Waals surface area (Å²) in [6, 6.07) is 7.83. The lowest BCUT2D eigenvalue weighted by atomic mass is 9.94. The number of aromatic nitrogens is 2. The first kappa shape index (κ1) is 13.1. The maximum atomic E-state index is 10.5. The molecule has 2 aromatic rings. The Bertz CT molecular complexity index is 583. The molecule has 0 bridgehead atoms. The summed E-state index contributed by atoms with van der Waals surface area (Å²) in [5.74, 6) is 0.726. The minimum absolute atomic E-state index is 0.133. The predicted molar refractivity (Wildman–Crippen MR) is 75.8 cm³/mol. The van der Waals surface area contributed by atoms with Crippen molar-refractivity contribution in [2.24, 2.45) is 0 Å². The molecule has 3 rings (SSSR count). The van der Waals surface area contributed by atoms with Crippen LogP contribution in [0, 0.1) is 0 Å². The van der Waals surface area contributed by atoms with Gasteiger partial charge in [-0.1, -0.05) is 12.1 Å². The molecule has 20 heavy (non-hydrogen) atoms. The van der Waals surface area contributed by atoms with Crippen LogP contribution in [-0.2, 0) is 12.8 Å². The summed E-state index contributed by atoms with van der Waals surface area (Å²) in [5.41, 5.74) is 3.34. The lowest BCUT2D eigenvalue weighted by molar-refractivity contribution is 0.141. The Morgan fingerprint density at radius 3 is 3.00 bits per heavy atom. The van der Waals surface area contributed by atoms with Gasteiger partial charge in [-0.2, -0.15) is 0 Å². The Morgan fingerprint density at radius 2 is 2.25 bits per heavy atom. The lowest BCUT2D eigenvalue weighted by Gasteiger charge is -2.18. The lowest BCUT2D eigenvalue weighted by Crippen LogP contribution is -2.20. The highest BCUT2D eigenvalue weighted by molar-refractivity contribution is 5.30. The van der Waals surface area contributed by atoms with Crippen LogP contribution in [0.5, 0.6) is 5.88 Å². The molecule has 0 aliphatic heterocycles. The van der Waals surface area contributed by atoms with Crippen LogP contribution in [0.1, 0.15) is 29.2 Å². The quantitative estimate of drug-likeness (QED) is 0.924. The summed E-state index contributed by atoms with van der Waals surface area (Å²) in [6.45, 7) is 0. The average Bonchev–Trinajstić information content (AvgIpc) is 2.92. The summed E-state index contributed by atoms with van der Waals surface area (Å²) in [5, 5.41) is 10.5. The zero-order chi connectivity index (χ0) is 13.9. The van der Waals surface area contributed by atoms with Crippen LogP contribution in [0.25, 0.3) is 0 Å². The van der Waals surface area contributed by atoms with E-state index in [4.69, 9.17) is 4.74 Å². The summed E-state index contributed by atoms with van der Waals surface area (Å²) in [6.07, 6.45) is 5.72. The summed E-state index contributed by atoms with van der Waals surface area (Å²) < 4.78 is 5.04. The molecule has 4 nitrogen and oxygen atoms in total. The largest absolute Gasteiger partial charge is 0.481 e. The molecule has 4 heteroatoms. The molecular weight excluding hydrogens is 252 g/mol. The van der Waals surface area contributed by atoms with Gasteiger partial charge in [0.1, 0.15) is 0 Å². The highest BCUT2D eigenvalue weighted by atomic mass is 16.5. The number of aliphatic hydroxyl groups excluding tert-OH is 1. The first-order valence-electron chi connectivity index (χ1n) is 6.88. The standard InChI is InChI=1S/C16H18N2O2/c1-20-15-7-4-11(10-18-15)9-14(19)13-6-5-12-3-2-8-17-16(12)13/h2-4,7-8,10,13-14,19H,5-6,9H2,1H3. The van der Waals surface area contributed by atoms with E-state index < -0.39 is 6.10 Å². The van der Waals surface area contributed by atoms with E-state index in [9.17, 15) is 5.11 Å². The van der Waals surface area contributed by atoms with Crippen LogP contribution in [0.2, 0.25) is 0 Å². The van der Waals surface area contributed by atoms with Gasteiger partial charge in [-0.3, -0.25) is 4.98 Å². The maximum absolute atomic E-state index is 10.5. The van der Waals surface area contributed by atoms with E-state index >= 15 is 0 Å². The highest BCUT2D eigenvalue weighted by Crippen LogP contribution is 2.34. The van der Waals surface area contributed by atoms with E-state index in [0.29, 0.717) is 12.3 Å². The second-order valence-electron chi connectivity index (χ2n) is 5.17. The van der Waals surface area contributed by atoms with Gasteiger partial charge in [0.2, 0.25) is 5.88 Å². The SMILES string of the molecule is COc1ccc(CC(O)C2CCc3cccnc32)cn1. The normalized spacial score (nSPS) is 18.6. The number of methoxy groups -OCH3 is 1. The highest BCUT2D eigenvalue weighted by Gasteiger charge is 2.29. The van der Waals surface area contributed by atoms with Gasteiger partial charge in [0.15, 0.2) is 0 Å². The first-order chi connectivity index (χ1) is 9.78. The van der Waals surface area contributed by atoms with Crippen molar-refractivity contribution < 1.29 is 9.84 Å². The molecule has 104 valence electrons. The number of rotatable bonds is 4. The zero-order valence-electron chi connectivity index (χ0n) is 11.5. The molecule has 2 aromatic heterocycles. The van der Waals surface area contributed by atoms with Crippen LogP contribution in [-0.4, -0.2) is 28.3 Å². The van der Waals surface area contributed by atoms with Crippen LogP contribution in [0.3, 0.4) is 0 Å². The third-order valence-corrected chi connectivity index (χ3v) is 3.92.